The number of nitrogens with zero attached hydrogens (tertiary/aromatic N) is 1. The van der Waals surface area contributed by atoms with Gasteiger partial charge in [-0.15, -0.1) is 0 Å². The van der Waals surface area contributed by atoms with Crippen LogP contribution in [0.4, 0.5) is 14.9 Å². The lowest BCUT2D eigenvalue weighted by Gasteiger charge is -2.15. The number of carbonyl (C=O) groups excluding carboxylic acids is 2. The molecule has 0 spiro atoms. The molecular weight excluding hydrogens is 368 g/mol. The van der Waals surface area contributed by atoms with Gasteiger partial charge in [-0.25, -0.2) is 9.18 Å². The van der Waals surface area contributed by atoms with E-state index in [4.69, 9.17) is 9.47 Å². The minimum Gasteiger partial charge on any atom is -0.462 e. The molecule has 2 rings (SSSR count). The Bertz CT molecular complexity index is 522. The molecule has 1 amide bonds. The molecule has 19 heavy (non-hydrogen) atoms. The number of hydrogen-bond acceptors (Lipinski definition) is 4. The first-order valence-electron chi connectivity index (χ1n) is 5.54. The molecule has 1 heterocycles. The molecule has 5 nitrogen and oxygen atoms in total. The quantitative estimate of drug-likeness (QED) is 0.598. The van der Waals surface area contributed by atoms with Gasteiger partial charge in [-0.3, -0.25) is 9.69 Å². The Labute approximate surface area is 122 Å². The normalized spacial score (nSPS) is 18.4. The molecule has 1 atom stereocenters. The summed E-state index contributed by atoms with van der Waals surface area (Å²) >= 11 is 1.83. The lowest BCUT2D eigenvalue weighted by molar-refractivity contribution is -0.143. The van der Waals surface area contributed by atoms with E-state index in [1.807, 2.05) is 22.6 Å². The predicted octanol–water partition coefficient (Wildman–Crippen LogP) is 2.32. The van der Waals surface area contributed by atoms with Gasteiger partial charge in [0.25, 0.3) is 0 Å². The molecule has 1 aliphatic rings. The minimum absolute atomic E-state index is 0.00344. The summed E-state index contributed by atoms with van der Waals surface area (Å²) in [4.78, 5) is 23.8. The van der Waals surface area contributed by atoms with E-state index in [1.54, 1.807) is 6.07 Å². The molecule has 0 saturated carbocycles. The summed E-state index contributed by atoms with van der Waals surface area (Å²) in [5.41, 5.74) is 0.455. The van der Waals surface area contributed by atoms with Crippen LogP contribution in [0, 0.1) is 9.39 Å². The predicted molar refractivity (Wildman–Crippen MR) is 73.4 cm³/mol. The van der Waals surface area contributed by atoms with Crippen molar-refractivity contribution < 1.29 is 23.5 Å². The smallest absolute Gasteiger partial charge is 0.414 e. The summed E-state index contributed by atoms with van der Waals surface area (Å²) < 4.78 is 23.7. The Morgan fingerprint density at radius 3 is 3.05 bits per heavy atom. The third-order valence-electron chi connectivity index (χ3n) is 2.57. The fraction of sp³-hybridized carbons (Fsp3) is 0.333. The van der Waals surface area contributed by atoms with Crippen molar-refractivity contribution in [3.63, 3.8) is 0 Å². The first kappa shape index (κ1) is 14.0. The highest BCUT2D eigenvalue weighted by atomic mass is 127. The van der Waals surface area contributed by atoms with Crippen LogP contribution in [0.3, 0.4) is 0 Å². The molecule has 102 valence electrons. The number of carbonyl (C=O) groups is 2. The standard InChI is InChI=1S/C12H11FINO4/c1-7(16)18-6-8-5-15(12(17)19-8)10-4-2-3-9(13)11(10)14/h2-4,8H,5-6H2,1H3/t8-/m1/s1. The van der Waals surface area contributed by atoms with E-state index >= 15 is 0 Å². The number of anilines is 1. The third-order valence-corrected chi connectivity index (χ3v) is 3.64. The maximum atomic E-state index is 13.5. The van der Waals surface area contributed by atoms with Crippen LogP contribution in [-0.4, -0.2) is 31.3 Å². The van der Waals surface area contributed by atoms with Gasteiger partial charge < -0.3 is 9.47 Å². The monoisotopic (exact) mass is 379 g/mol. The fourth-order valence-electron chi connectivity index (χ4n) is 1.72. The number of ether oxygens (including phenoxy) is 2. The highest BCUT2D eigenvalue weighted by Crippen LogP contribution is 2.28. The van der Waals surface area contributed by atoms with E-state index in [0.717, 1.165) is 0 Å². The molecule has 1 fully saturated rings. The molecule has 1 aliphatic heterocycles. The van der Waals surface area contributed by atoms with Crippen molar-refractivity contribution in [1.29, 1.82) is 0 Å². The van der Waals surface area contributed by atoms with E-state index < -0.39 is 24.0 Å². The molecule has 0 N–H and O–H groups in total. The van der Waals surface area contributed by atoms with Crippen molar-refractivity contribution in [2.75, 3.05) is 18.1 Å². The highest BCUT2D eigenvalue weighted by Gasteiger charge is 2.34. The zero-order valence-corrected chi connectivity index (χ0v) is 12.2. The molecule has 1 aromatic carbocycles. The van der Waals surface area contributed by atoms with Crippen LogP contribution in [-0.2, 0) is 14.3 Å². The Morgan fingerprint density at radius 2 is 2.37 bits per heavy atom. The van der Waals surface area contributed by atoms with Crippen molar-refractivity contribution in [1.82, 2.24) is 0 Å². The van der Waals surface area contributed by atoms with Gasteiger partial charge >= 0.3 is 12.1 Å². The molecule has 0 aromatic heterocycles. The molecule has 7 heteroatoms. The zero-order valence-electron chi connectivity index (χ0n) is 10.1. The van der Waals surface area contributed by atoms with E-state index in [1.165, 1.54) is 24.0 Å². The van der Waals surface area contributed by atoms with E-state index in [9.17, 15) is 14.0 Å². The molecule has 0 bridgehead atoms. The second kappa shape index (κ2) is 5.72. The van der Waals surface area contributed by atoms with Gasteiger partial charge in [0.2, 0.25) is 0 Å². The third kappa shape index (κ3) is 3.14. The Balaban J connectivity index is 2.11. The van der Waals surface area contributed by atoms with Crippen LogP contribution in [0.1, 0.15) is 6.92 Å². The second-order valence-electron chi connectivity index (χ2n) is 3.99. The largest absolute Gasteiger partial charge is 0.462 e. The minimum atomic E-state index is -0.569. The van der Waals surface area contributed by atoms with Gasteiger partial charge in [-0.2, -0.15) is 0 Å². The zero-order chi connectivity index (χ0) is 14.0. The number of hydrogen-bond donors (Lipinski definition) is 0. The maximum Gasteiger partial charge on any atom is 0.414 e. The SMILES string of the molecule is CC(=O)OC[C@H]1CN(c2cccc(F)c2I)C(=O)O1. The second-order valence-corrected chi connectivity index (χ2v) is 5.07. The highest BCUT2D eigenvalue weighted by molar-refractivity contribution is 14.1. The molecule has 1 aromatic rings. The lowest BCUT2D eigenvalue weighted by atomic mass is 10.2. The molecule has 0 radical (unpaired) electrons. The average molecular weight is 379 g/mol. The van der Waals surface area contributed by atoms with Gasteiger partial charge in [0.15, 0.2) is 6.10 Å². The van der Waals surface area contributed by atoms with Crippen LogP contribution in [0.15, 0.2) is 18.2 Å². The van der Waals surface area contributed by atoms with E-state index in [0.29, 0.717) is 9.26 Å². The van der Waals surface area contributed by atoms with Crippen molar-refractivity contribution in [3.05, 3.63) is 27.6 Å². The first-order valence-corrected chi connectivity index (χ1v) is 6.62. The van der Waals surface area contributed by atoms with Crippen LogP contribution >= 0.6 is 22.6 Å². The number of halogens is 2. The average Bonchev–Trinajstić information content (AvgIpc) is 2.71. The van der Waals surface area contributed by atoms with Crippen LogP contribution < -0.4 is 4.90 Å². The Kier molecular flexibility index (Phi) is 4.23. The maximum absolute atomic E-state index is 13.5. The summed E-state index contributed by atoms with van der Waals surface area (Å²) in [6.45, 7) is 1.51. The molecule has 1 saturated heterocycles. The van der Waals surface area contributed by atoms with E-state index in [2.05, 4.69) is 0 Å². The number of rotatable bonds is 3. The number of esters is 1. The molecule has 0 aliphatic carbocycles. The summed E-state index contributed by atoms with van der Waals surface area (Å²) in [6, 6.07) is 4.49. The van der Waals surface area contributed by atoms with Gasteiger partial charge in [-0.1, -0.05) is 6.07 Å². The van der Waals surface area contributed by atoms with Gasteiger partial charge in [0.05, 0.1) is 15.8 Å². The van der Waals surface area contributed by atoms with E-state index in [-0.39, 0.29) is 13.2 Å². The van der Waals surface area contributed by atoms with Crippen molar-refractivity contribution in [3.8, 4) is 0 Å². The van der Waals surface area contributed by atoms with Gasteiger partial charge in [0.1, 0.15) is 12.4 Å². The Hall–Kier alpha value is -1.38. The number of amides is 1. The summed E-state index contributed by atoms with van der Waals surface area (Å²) in [5, 5.41) is 0. The van der Waals surface area contributed by atoms with Crippen molar-refractivity contribution >= 4 is 40.3 Å². The number of cyclic esters (lactones) is 1. The summed E-state index contributed by atoms with van der Waals surface area (Å²) in [7, 11) is 0. The Morgan fingerprint density at radius 1 is 1.63 bits per heavy atom. The van der Waals surface area contributed by atoms with Crippen LogP contribution in [0.2, 0.25) is 0 Å². The van der Waals surface area contributed by atoms with Crippen LogP contribution in [0.25, 0.3) is 0 Å². The number of benzene rings is 1. The molecule has 0 unspecified atom stereocenters. The fourth-order valence-corrected chi connectivity index (χ4v) is 2.37. The van der Waals surface area contributed by atoms with Gasteiger partial charge in [-0.05, 0) is 34.7 Å². The first-order chi connectivity index (χ1) is 8.99. The van der Waals surface area contributed by atoms with Gasteiger partial charge in [0, 0.05) is 6.92 Å². The topological polar surface area (TPSA) is 55.8 Å². The molecular formula is C12H11FINO4. The lowest BCUT2D eigenvalue weighted by Crippen LogP contribution is -2.27. The van der Waals surface area contributed by atoms with Crippen molar-refractivity contribution in [2.24, 2.45) is 0 Å². The van der Waals surface area contributed by atoms with Crippen LogP contribution in [0.5, 0.6) is 0 Å². The van der Waals surface area contributed by atoms with Crippen molar-refractivity contribution in [2.45, 2.75) is 13.0 Å². The summed E-state index contributed by atoms with van der Waals surface area (Å²) in [6.07, 6.45) is -1.10. The summed E-state index contributed by atoms with van der Waals surface area (Å²) in [5.74, 6) is -0.829.